The van der Waals surface area contributed by atoms with Crippen LogP contribution in [-0.2, 0) is 0 Å². The summed E-state index contributed by atoms with van der Waals surface area (Å²) in [6, 6.07) is 12.2. The smallest absolute Gasteiger partial charge is 0.168 e. The number of nitrogens with zero attached hydrogens (tertiary/aromatic N) is 1. The zero-order chi connectivity index (χ0) is 10.4. The van der Waals surface area contributed by atoms with Crippen LogP contribution in [0.15, 0.2) is 36.4 Å². The highest BCUT2D eigenvalue weighted by atomic mass is 14.9. The van der Waals surface area contributed by atoms with Gasteiger partial charge in [-0.3, -0.25) is 0 Å². The van der Waals surface area contributed by atoms with Gasteiger partial charge in [0.25, 0.3) is 0 Å². The van der Waals surface area contributed by atoms with Crippen molar-refractivity contribution in [3.8, 4) is 0 Å². The third-order valence-electron chi connectivity index (χ3n) is 2.41. The number of aromatic nitrogens is 2. The first-order valence-corrected chi connectivity index (χ1v) is 4.63. The van der Waals surface area contributed by atoms with Gasteiger partial charge in [0.15, 0.2) is 1.41 Å². The third-order valence-corrected chi connectivity index (χ3v) is 2.41. The van der Waals surface area contributed by atoms with Gasteiger partial charge in [-0.1, -0.05) is 24.3 Å². The lowest BCUT2D eigenvalue weighted by atomic mass is 10.1. The third kappa shape index (κ3) is 1.01. The quantitative estimate of drug-likeness (QED) is 0.570. The summed E-state index contributed by atoms with van der Waals surface area (Å²) in [6.07, 6.45) is 0. The first-order chi connectivity index (χ1) is 7.25. The molecule has 0 radical (unpaired) electrons. The number of fused-ring (bicyclic) bond motifs is 2. The zero-order valence-corrected chi connectivity index (χ0v) is 7.86. The maximum Gasteiger partial charge on any atom is 0.168 e. The number of hydrogen-bond donors (Lipinski definition) is 1. The lowest BCUT2D eigenvalue weighted by Crippen LogP contribution is -1.73. The standard InChI is InChI=1S/C12H10N2/c1-8-13-11-6-9-4-2-3-5-10(9)7-12(11)14-8/h2-7H,1H3,(H,13,14)/i/hD. The molecule has 1 N–H and O–H groups in total. The minimum atomic E-state index is 0.723. The second kappa shape index (κ2) is 2.58. The van der Waals surface area contributed by atoms with Crippen molar-refractivity contribution in [1.29, 1.82) is 0 Å². The molecule has 2 aromatic carbocycles. The molecule has 0 fully saturated rings. The van der Waals surface area contributed by atoms with Crippen molar-refractivity contribution < 1.29 is 1.41 Å². The van der Waals surface area contributed by atoms with Crippen LogP contribution in [0.4, 0.5) is 0 Å². The summed E-state index contributed by atoms with van der Waals surface area (Å²) in [5.74, 6) is 0.723. The van der Waals surface area contributed by atoms with Crippen LogP contribution in [-0.4, -0.2) is 9.96 Å². The van der Waals surface area contributed by atoms with Gasteiger partial charge in [0, 0.05) is 0 Å². The average Bonchev–Trinajstić information content (AvgIpc) is 2.52. The van der Waals surface area contributed by atoms with E-state index < -0.39 is 0 Å². The van der Waals surface area contributed by atoms with Crippen molar-refractivity contribution in [2.75, 3.05) is 0 Å². The summed E-state index contributed by atoms with van der Waals surface area (Å²) in [4.78, 5) is 5.72. The molecular formula is C12H10N2. The van der Waals surface area contributed by atoms with Crippen LogP contribution in [0.5, 0.6) is 0 Å². The molecule has 2 nitrogen and oxygen atoms in total. The summed E-state index contributed by atoms with van der Waals surface area (Å²) in [5, 5.41) is 2.32. The minimum absolute atomic E-state index is 0.723. The molecular weight excluding hydrogens is 172 g/mol. The van der Waals surface area contributed by atoms with Crippen molar-refractivity contribution in [3.05, 3.63) is 42.2 Å². The molecule has 1 aromatic heterocycles. The number of benzene rings is 2. The molecule has 2 heteroatoms. The lowest BCUT2D eigenvalue weighted by Gasteiger charge is -1.95. The monoisotopic (exact) mass is 183 g/mol. The van der Waals surface area contributed by atoms with Crippen molar-refractivity contribution >= 4 is 21.8 Å². The number of hydrogen-bond acceptors (Lipinski definition) is 1. The molecule has 3 aromatic rings. The van der Waals surface area contributed by atoms with Crippen LogP contribution < -0.4 is 0 Å². The van der Waals surface area contributed by atoms with Crippen LogP contribution >= 0.6 is 0 Å². The van der Waals surface area contributed by atoms with E-state index in [4.69, 9.17) is 1.41 Å². The summed E-state index contributed by atoms with van der Waals surface area (Å²) in [6.45, 7) is 1.84. The van der Waals surface area contributed by atoms with Gasteiger partial charge in [-0.25, -0.2) is 4.98 Å². The number of H-pyrrole nitrogens is 1. The van der Waals surface area contributed by atoms with Crippen LogP contribution in [0.3, 0.4) is 0 Å². The van der Waals surface area contributed by atoms with Gasteiger partial charge in [0.1, 0.15) is 5.82 Å². The van der Waals surface area contributed by atoms with Gasteiger partial charge >= 0.3 is 0 Å². The molecule has 0 bridgehead atoms. The molecule has 14 heavy (non-hydrogen) atoms. The highest BCUT2D eigenvalue weighted by Gasteiger charge is 2.00. The summed E-state index contributed by atoms with van der Waals surface area (Å²) in [5.41, 5.74) is 1.76. The molecule has 0 saturated carbocycles. The highest BCUT2D eigenvalue weighted by Crippen LogP contribution is 2.20. The van der Waals surface area contributed by atoms with Crippen molar-refractivity contribution in [3.63, 3.8) is 0 Å². The van der Waals surface area contributed by atoms with Gasteiger partial charge in [-0.05, 0) is 29.8 Å². The molecule has 0 aliphatic heterocycles. The molecule has 0 spiro atoms. The summed E-state index contributed by atoms with van der Waals surface area (Å²) >= 11 is 0. The Morgan fingerprint density at radius 1 is 1.21 bits per heavy atom. The molecule has 0 amide bonds. The largest absolute Gasteiger partial charge is 0.342 e. The van der Waals surface area contributed by atoms with Gasteiger partial charge in [0.05, 0.1) is 11.0 Å². The van der Waals surface area contributed by atoms with Crippen LogP contribution in [0.2, 0.25) is 1.41 Å². The minimum Gasteiger partial charge on any atom is -0.342 e. The number of aryl methyl sites for hydroxylation is 1. The number of rotatable bonds is 0. The van der Waals surface area contributed by atoms with Crippen molar-refractivity contribution in [1.82, 2.24) is 9.96 Å². The van der Waals surface area contributed by atoms with Crippen LogP contribution in [0.1, 0.15) is 5.82 Å². The molecule has 3 rings (SSSR count). The maximum absolute atomic E-state index is 7.80. The van der Waals surface area contributed by atoms with E-state index in [0.29, 0.717) is 0 Å². The molecule has 0 aliphatic carbocycles. The Labute approximate surface area is 83.1 Å². The fourth-order valence-corrected chi connectivity index (χ4v) is 1.77. The van der Waals surface area contributed by atoms with Crippen LogP contribution in [0.25, 0.3) is 21.8 Å². The van der Waals surface area contributed by atoms with Gasteiger partial charge in [-0.2, -0.15) is 0 Å². The molecule has 1 heterocycles. The SMILES string of the molecule is [2H]n1c(C)nc2cc3ccccc3cc21. The molecule has 0 atom stereocenters. The molecule has 68 valence electrons. The van der Waals surface area contributed by atoms with Gasteiger partial charge < -0.3 is 4.98 Å². The predicted octanol–water partition coefficient (Wildman–Crippen LogP) is 3.02. The fourth-order valence-electron chi connectivity index (χ4n) is 1.77. The fraction of sp³-hybridized carbons (Fsp3) is 0.0833. The van der Waals surface area contributed by atoms with Crippen molar-refractivity contribution in [2.45, 2.75) is 6.92 Å². The second-order valence-corrected chi connectivity index (χ2v) is 3.46. The van der Waals surface area contributed by atoms with Gasteiger partial charge in [-0.15, -0.1) is 0 Å². The van der Waals surface area contributed by atoms with E-state index in [9.17, 15) is 0 Å². The summed E-state index contributed by atoms with van der Waals surface area (Å²) < 4.78 is 7.80. The number of imidazole rings is 1. The number of nitrogens with one attached hydrogen (secondary N) is 1. The number of aromatic amines is 1. The lowest BCUT2D eigenvalue weighted by molar-refractivity contribution is 1.17. The second-order valence-electron chi connectivity index (χ2n) is 3.46. The molecule has 0 aliphatic rings. The van der Waals surface area contributed by atoms with E-state index >= 15 is 0 Å². The zero-order valence-electron chi connectivity index (χ0n) is 8.86. The Balaban J connectivity index is 2.53. The Morgan fingerprint density at radius 3 is 2.71 bits per heavy atom. The Bertz CT molecular complexity index is 655. The van der Waals surface area contributed by atoms with Gasteiger partial charge in [0.2, 0.25) is 0 Å². The summed E-state index contributed by atoms with van der Waals surface area (Å²) in [7, 11) is 0. The van der Waals surface area contributed by atoms with E-state index in [1.807, 2.05) is 31.2 Å². The predicted molar refractivity (Wildman–Crippen MR) is 58.3 cm³/mol. The van der Waals surface area contributed by atoms with E-state index in [0.717, 1.165) is 22.2 Å². The maximum atomic E-state index is 7.80. The first-order valence-electron chi connectivity index (χ1n) is 5.07. The normalized spacial score (nSPS) is 12.2. The topological polar surface area (TPSA) is 28.7 Å². The Hall–Kier alpha value is -1.83. The Morgan fingerprint density at radius 2 is 1.93 bits per heavy atom. The van der Waals surface area contributed by atoms with Crippen LogP contribution in [0, 0.1) is 6.92 Å². The Kier molecular flexibility index (Phi) is 1.21. The highest BCUT2D eigenvalue weighted by molar-refractivity contribution is 5.95. The van der Waals surface area contributed by atoms with E-state index in [1.165, 1.54) is 10.4 Å². The van der Waals surface area contributed by atoms with Crippen molar-refractivity contribution in [2.24, 2.45) is 0 Å². The average molecular weight is 183 g/mol. The van der Waals surface area contributed by atoms with E-state index in [2.05, 4.69) is 17.1 Å². The molecule has 0 saturated heterocycles. The molecule has 0 unspecified atom stereocenters. The van der Waals surface area contributed by atoms with E-state index in [1.54, 1.807) is 0 Å². The van der Waals surface area contributed by atoms with E-state index in [-0.39, 0.29) is 0 Å². The first kappa shape index (κ1) is 6.60.